The lowest BCUT2D eigenvalue weighted by Crippen LogP contribution is -2.19. The van der Waals surface area contributed by atoms with Gasteiger partial charge in [-0.3, -0.25) is 4.79 Å². The van der Waals surface area contributed by atoms with Gasteiger partial charge in [-0.25, -0.2) is 4.39 Å². The van der Waals surface area contributed by atoms with E-state index in [2.05, 4.69) is 0 Å². The molecule has 0 radical (unpaired) electrons. The van der Waals surface area contributed by atoms with E-state index >= 15 is 0 Å². The number of halogens is 1. The number of Topliss-reactive ketones (excluding diaryl/α,β-unsaturated/α-hetero) is 1. The molecule has 0 atom stereocenters. The third-order valence-corrected chi connectivity index (χ3v) is 1.68. The lowest BCUT2D eigenvalue weighted by Gasteiger charge is -2.03. The van der Waals surface area contributed by atoms with Crippen LogP contribution in [-0.4, -0.2) is 22.3 Å². The number of aliphatic hydroxyl groups is 2. The standard InChI is InChI=1S/C9H9FO3/c1-5-4-6(2-3-7(5)10)8(11)9(12)13/h2-4,9,12-13H,1H3. The molecule has 0 bridgehead atoms. The van der Waals surface area contributed by atoms with Crippen molar-refractivity contribution in [2.45, 2.75) is 13.2 Å². The first-order chi connectivity index (χ1) is 6.02. The predicted octanol–water partition coefficient (Wildman–Crippen LogP) is 0.628. The molecule has 0 unspecified atom stereocenters. The third-order valence-electron chi connectivity index (χ3n) is 1.68. The summed E-state index contributed by atoms with van der Waals surface area (Å²) in [5, 5.41) is 17.1. The Morgan fingerprint density at radius 2 is 2.08 bits per heavy atom. The van der Waals surface area contributed by atoms with Crippen molar-refractivity contribution in [1.82, 2.24) is 0 Å². The highest BCUT2D eigenvalue weighted by Gasteiger charge is 2.14. The number of aliphatic hydroxyl groups excluding tert-OH is 1. The second-order valence-corrected chi connectivity index (χ2v) is 2.70. The molecule has 0 aliphatic heterocycles. The van der Waals surface area contributed by atoms with Crippen LogP contribution >= 0.6 is 0 Å². The molecule has 0 saturated heterocycles. The van der Waals surface area contributed by atoms with Crippen molar-refractivity contribution in [2.75, 3.05) is 0 Å². The normalized spacial score (nSPS) is 10.5. The molecule has 13 heavy (non-hydrogen) atoms. The number of benzene rings is 1. The van der Waals surface area contributed by atoms with Crippen LogP contribution in [0.4, 0.5) is 4.39 Å². The van der Waals surface area contributed by atoms with Gasteiger partial charge in [-0.05, 0) is 30.7 Å². The minimum absolute atomic E-state index is 0.0916. The molecule has 70 valence electrons. The first-order valence-electron chi connectivity index (χ1n) is 3.69. The minimum Gasteiger partial charge on any atom is -0.362 e. The van der Waals surface area contributed by atoms with Gasteiger partial charge in [-0.1, -0.05) is 0 Å². The summed E-state index contributed by atoms with van der Waals surface area (Å²) in [7, 11) is 0. The summed E-state index contributed by atoms with van der Waals surface area (Å²) in [4.78, 5) is 11.0. The van der Waals surface area contributed by atoms with Crippen LogP contribution < -0.4 is 0 Å². The zero-order valence-corrected chi connectivity index (χ0v) is 6.99. The predicted molar refractivity (Wildman–Crippen MR) is 43.7 cm³/mol. The zero-order chi connectivity index (χ0) is 10.0. The van der Waals surface area contributed by atoms with Gasteiger partial charge in [0, 0.05) is 5.56 Å². The molecule has 1 aromatic carbocycles. The van der Waals surface area contributed by atoms with Crippen LogP contribution in [0.5, 0.6) is 0 Å². The maximum atomic E-state index is 12.7. The van der Waals surface area contributed by atoms with Gasteiger partial charge in [0.1, 0.15) is 5.82 Å². The topological polar surface area (TPSA) is 57.5 Å². The van der Waals surface area contributed by atoms with Crippen molar-refractivity contribution in [2.24, 2.45) is 0 Å². The number of aryl methyl sites for hydroxylation is 1. The zero-order valence-electron chi connectivity index (χ0n) is 6.99. The molecule has 0 heterocycles. The lowest BCUT2D eigenvalue weighted by atomic mass is 10.1. The molecular formula is C9H9FO3. The average Bonchev–Trinajstić information content (AvgIpc) is 2.08. The van der Waals surface area contributed by atoms with E-state index in [9.17, 15) is 9.18 Å². The van der Waals surface area contributed by atoms with Crippen molar-refractivity contribution in [3.05, 3.63) is 35.1 Å². The Bertz CT molecular complexity index is 334. The van der Waals surface area contributed by atoms with Crippen molar-refractivity contribution >= 4 is 5.78 Å². The number of ketones is 1. The number of hydrogen-bond acceptors (Lipinski definition) is 3. The van der Waals surface area contributed by atoms with Crippen molar-refractivity contribution < 1.29 is 19.4 Å². The molecule has 4 heteroatoms. The number of rotatable bonds is 2. The van der Waals surface area contributed by atoms with Crippen molar-refractivity contribution in [3.8, 4) is 0 Å². The Balaban J connectivity index is 3.04. The van der Waals surface area contributed by atoms with E-state index in [4.69, 9.17) is 10.2 Å². The summed E-state index contributed by atoms with van der Waals surface area (Å²) in [6.45, 7) is 1.50. The first kappa shape index (κ1) is 9.83. The molecule has 0 aromatic heterocycles. The second-order valence-electron chi connectivity index (χ2n) is 2.70. The highest BCUT2D eigenvalue weighted by atomic mass is 19.1. The average molecular weight is 184 g/mol. The highest BCUT2D eigenvalue weighted by Crippen LogP contribution is 2.10. The highest BCUT2D eigenvalue weighted by molar-refractivity contribution is 5.98. The van der Waals surface area contributed by atoms with Gasteiger partial charge in [0.2, 0.25) is 12.1 Å². The van der Waals surface area contributed by atoms with Gasteiger partial charge in [0.25, 0.3) is 0 Å². The second kappa shape index (κ2) is 3.64. The Kier molecular flexibility index (Phi) is 2.75. The van der Waals surface area contributed by atoms with Crippen LogP contribution in [0.15, 0.2) is 18.2 Å². The van der Waals surface area contributed by atoms with E-state index in [0.717, 1.165) is 6.07 Å². The molecule has 2 N–H and O–H groups in total. The summed E-state index contributed by atoms with van der Waals surface area (Å²) in [6.07, 6.45) is -2.04. The molecule has 0 fully saturated rings. The van der Waals surface area contributed by atoms with Crippen LogP contribution in [-0.2, 0) is 0 Å². The number of carbonyl (C=O) groups excluding carboxylic acids is 1. The molecule has 0 aliphatic carbocycles. The van der Waals surface area contributed by atoms with Crippen LogP contribution in [0.3, 0.4) is 0 Å². The fourth-order valence-corrected chi connectivity index (χ4v) is 0.947. The monoisotopic (exact) mass is 184 g/mol. The van der Waals surface area contributed by atoms with Crippen LogP contribution in [0.2, 0.25) is 0 Å². The summed E-state index contributed by atoms with van der Waals surface area (Å²) in [6, 6.07) is 3.60. The Hall–Kier alpha value is -1.26. The first-order valence-corrected chi connectivity index (χ1v) is 3.69. The van der Waals surface area contributed by atoms with Gasteiger partial charge >= 0.3 is 0 Å². The van der Waals surface area contributed by atoms with Gasteiger partial charge < -0.3 is 10.2 Å². The Morgan fingerprint density at radius 1 is 1.46 bits per heavy atom. The van der Waals surface area contributed by atoms with E-state index in [1.54, 1.807) is 0 Å². The van der Waals surface area contributed by atoms with Crippen LogP contribution in [0.1, 0.15) is 15.9 Å². The van der Waals surface area contributed by atoms with Crippen LogP contribution in [0, 0.1) is 12.7 Å². The van der Waals surface area contributed by atoms with E-state index in [1.165, 1.54) is 19.1 Å². The van der Waals surface area contributed by atoms with E-state index in [1.807, 2.05) is 0 Å². The van der Waals surface area contributed by atoms with Crippen LogP contribution in [0.25, 0.3) is 0 Å². The van der Waals surface area contributed by atoms with Gasteiger partial charge in [-0.2, -0.15) is 0 Å². The maximum Gasteiger partial charge on any atom is 0.218 e. The number of hydrogen-bond donors (Lipinski definition) is 2. The quantitative estimate of drug-likeness (QED) is 0.523. The maximum absolute atomic E-state index is 12.7. The van der Waals surface area contributed by atoms with Crippen molar-refractivity contribution in [3.63, 3.8) is 0 Å². The largest absolute Gasteiger partial charge is 0.362 e. The fraction of sp³-hybridized carbons (Fsp3) is 0.222. The molecule has 1 aromatic rings. The van der Waals surface area contributed by atoms with Gasteiger partial charge in [-0.15, -0.1) is 0 Å². The third kappa shape index (κ3) is 2.11. The van der Waals surface area contributed by atoms with Gasteiger partial charge in [0.05, 0.1) is 0 Å². The Labute approximate surface area is 74.4 Å². The fourth-order valence-electron chi connectivity index (χ4n) is 0.947. The summed E-state index contributed by atoms with van der Waals surface area (Å²) in [5.41, 5.74) is 0.389. The lowest BCUT2D eigenvalue weighted by molar-refractivity contribution is -0.0195. The van der Waals surface area contributed by atoms with E-state index in [0.29, 0.717) is 5.56 Å². The molecule has 0 spiro atoms. The minimum atomic E-state index is -2.04. The van der Waals surface area contributed by atoms with E-state index < -0.39 is 17.9 Å². The summed E-state index contributed by atoms with van der Waals surface area (Å²) >= 11 is 0. The summed E-state index contributed by atoms with van der Waals surface area (Å²) < 4.78 is 12.7. The molecular weight excluding hydrogens is 175 g/mol. The Morgan fingerprint density at radius 3 is 2.54 bits per heavy atom. The van der Waals surface area contributed by atoms with E-state index in [-0.39, 0.29) is 5.56 Å². The SMILES string of the molecule is Cc1cc(C(=O)C(O)O)ccc1F. The molecule has 0 saturated carbocycles. The number of carbonyl (C=O) groups is 1. The van der Waals surface area contributed by atoms with Gasteiger partial charge in [0.15, 0.2) is 0 Å². The molecule has 1 rings (SSSR count). The molecule has 0 amide bonds. The molecule has 3 nitrogen and oxygen atoms in total. The summed E-state index contributed by atoms with van der Waals surface area (Å²) in [5.74, 6) is -1.26. The molecule has 0 aliphatic rings. The smallest absolute Gasteiger partial charge is 0.218 e. The van der Waals surface area contributed by atoms with Crippen molar-refractivity contribution in [1.29, 1.82) is 0 Å².